The van der Waals surface area contributed by atoms with E-state index >= 15 is 0 Å². The number of nitrogens with one attached hydrogen (secondary N) is 1. The average Bonchev–Trinajstić information content (AvgIpc) is 3.23. The molecular formula is C27H29N5O6. The molecule has 1 aliphatic carbocycles. The van der Waals surface area contributed by atoms with Crippen LogP contribution in [0, 0.1) is 16.7 Å². The topological polar surface area (TPSA) is 175 Å². The van der Waals surface area contributed by atoms with Crippen molar-refractivity contribution >= 4 is 11.5 Å². The van der Waals surface area contributed by atoms with Gasteiger partial charge in [-0.25, -0.2) is 4.79 Å². The number of aromatic amines is 1. The Morgan fingerprint density at radius 3 is 2.55 bits per heavy atom. The number of aliphatic hydroxyl groups excluding tert-OH is 2. The highest BCUT2D eigenvalue weighted by Gasteiger charge is 2.46. The van der Waals surface area contributed by atoms with Gasteiger partial charge in [0.05, 0.1) is 30.3 Å². The Kier molecular flexibility index (Phi) is 6.35. The smallest absolute Gasteiger partial charge is 0.330 e. The number of nitrogens with zero attached hydrogens (tertiary/aromatic N) is 3. The van der Waals surface area contributed by atoms with Gasteiger partial charge in [0.25, 0.3) is 5.56 Å². The van der Waals surface area contributed by atoms with E-state index in [1.54, 1.807) is 4.90 Å². The lowest BCUT2D eigenvalue weighted by Gasteiger charge is -2.43. The summed E-state index contributed by atoms with van der Waals surface area (Å²) >= 11 is 0. The zero-order valence-corrected chi connectivity index (χ0v) is 21.0. The summed E-state index contributed by atoms with van der Waals surface area (Å²) in [7, 11) is 0. The Morgan fingerprint density at radius 1 is 1.21 bits per heavy atom. The van der Waals surface area contributed by atoms with Gasteiger partial charge in [-0.05, 0) is 24.0 Å². The number of carbonyl (C=O) groups excluding carboxylic acids is 1. The largest absolute Gasteiger partial charge is 0.394 e. The van der Waals surface area contributed by atoms with Crippen LogP contribution in [0.5, 0.6) is 0 Å². The van der Waals surface area contributed by atoms with Gasteiger partial charge in [-0.1, -0.05) is 32.0 Å². The Morgan fingerprint density at radius 2 is 1.92 bits per heavy atom. The summed E-state index contributed by atoms with van der Waals surface area (Å²) in [6.07, 6.45) is -0.919. The fourth-order valence-electron chi connectivity index (χ4n) is 5.66. The highest BCUT2D eigenvalue weighted by Crippen LogP contribution is 2.49. The Balaban J connectivity index is 1.73. The molecule has 2 aromatic rings. The van der Waals surface area contributed by atoms with Crippen molar-refractivity contribution < 1.29 is 19.7 Å². The second kappa shape index (κ2) is 9.40. The predicted octanol–water partition coefficient (Wildman–Crippen LogP) is 1.12. The maximum atomic E-state index is 13.7. The lowest BCUT2D eigenvalue weighted by Crippen LogP contribution is -2.44. The lowest BCUT2D eigenvalue weighted by molar-refractivity contribution is -0.118. The van der Waals surface area contributed by atoms with Crippen LogP contribution in [-0.2, 0) is 9.53 Å². The van der Waals surface area contributed by atoms with Gasteiger partial charge in [0.15, 0.2) is 5.78 Å². The first-order chi connectivity index (χ1) is 18.1. The first-order valence-corrected chi connectivity index (χ1v) is 12.4. The number of allylic oxidation sites excluding steroid dienone is 3. The molecule has 5 N–H and O–H groups in total. The summed E-state index contributed by atoms with van der Waals surface area (Å²) in [5.74, 6) is -1.22. The molecule has 38 heavy (non-hydrogen) atoms. The number of rotatable bonds is 4. The monoisotopic (exact) mass is 519 g/mol. The minimum absolute atomic E-state index is 0.00716. The normalized spacial score (nSPS) is 26.9. The molecule has 3 heterocycles. The number of benzene rings is 1. The van der Waals surface area contributed by atoms with E-state index in [1.165, 1.54) is 6.20 Å². The van der Waals surface area contributed by atoms with E-state index in [0.29, 0.717) is 17.8 Å². The maximum absolute atomic E-state index is 13.7. The number of hydrogen-bond acceptors (Lipinski definition) is 9. The van der Waals surface area contributed by atoms with Gasteiger partial charge in [-0.15, -0.1) is 0 Å². The molecular weight excluding hydrogens is 490 g/mol. The fraction of sp³-hybridized carbons (Fsp3) is 0.407. The van der Waals surface area contributed by atoms with E-state index in [0.717, 1.165) is 4.57 Å². The number of nitrogens with two attached hydrogens (primary N) is 1. The molecule has 1 saturated heterocycles. The number of aromatic nitrogens is 2. The molecule has 2 unspecified atom stereocenters. The third kappa shape index (κ3) is 4.16. The molecule has 1 fully saturated rings. The number of ether oxygens (including phenoxy) is 1. The third-order valence-electron chi connectivity index (χ3n) is 7.40. The molecule has 11 heteroatoms. The summed E-state index contributed by atoms with van der Waals surface area (Å²) in [6, 6.07) is 11.3. The van der Waals surface area contributed by atoms with Crippen LogP contribution in [0.25, 0.3) is 0 Å². The highest BCUT2D eigenvalue weighted by molar-refractivity contribution is 6.01. The second-order valence-corrected chi connectivity index (χ2v) is 10.7. The minimum atomic E-state index is -1.10. The molecule has 4 atom stereocenters. The molecule has 0 amide bonds. The van der Waals surface area contributed by atoms with Crippen molar-refractivity contribution in [1.29, 1.82) is 5.26 Å². The van der Waals surface area contributed by atoms with E-state index in [4.69, 9.17) is 10.5 Å². The number of nitriles is 1. The van der Waals surface area contributed by atoms with Gasteiger partial charge in [0.1, 0.15) is 18.2 Å². The number of anilines is 1. The van der Waals surface area contributed by atoms with Crippen LogP contribution in [-0.4, -0.2) is 44.4 Å². The number of aliphatic hydroxyl groups is 2. The number of hydrogen-bond donors (Lipinski definition) is 4. The molecule has 0 saturated carbocycles. The quantitative estimate of drug-likeness (QED) is 0.461. The van der Waals surface area contributed by atoms with E-state index < -0.39 is 47.6 Å². The van der Waals surface area contributed by atoms with E-state index in [-0.39, 0.29) is 41.2 Å². The standard InChI is InChI=1S/C27H29N5O6/c1-27(2)9-17-23(19(35)10-27)22(15(11-28)24(29)32(17)14-6-4-3-5-7-14)16-12-31(26(37)30-25(16)36)21-8-18(34)20(13-33)38-21/h3-7,12,18,20-22,33-34H,8-10,13,29H2,1-2H3,(H,30,36,37)/t18?,20-,21-,22?/m1/s1. The van der Waals surface area contributed by atoms with Crippen LogP contribution in [0.15, 0.2) is 68.8 Å². The Labute approximate surface area is 218 Å². The van der Waals surface area contributed by atoms with Crippen molar-refractivity contribution in [3.05, 3.63) is 85.6 Å². The predicted molar refractivity (Wildman–Crippen MR) is 136 cm³/mol. The molecule has 11 nitrogen and oxygen atoms in total. The summed E-state index contributed by atoms with van der Waals surface area (Å²) in [5, 5.41) is 29.9. The minimum Gasteiger partial charge on any atom is -0.394 e. The van der Waals surface area contributed by atoms with Crippen molar-refractivity contribution in [1.82, 2.24) is 9.55 Å². The van der Waals surface area contributed by atoms with Gasteiger partial charge in [0, 0.05) is 41.6 Å². The first kappa shape index (κ1) is 25.7. The molecule has 5 rings (SSSR count). The van der Waals surface area contributed by atoms with Crippen LogP contribution in [0.2, 0.25) is 0 Å². The zero-order chi connectivity index (χ0) is 27.4. The molecule has 0 bridgehead atoms. The van der Waals surface area contributed by atoms with E-state index in [2.05, 4.69) is 11.1 Å². The molecule has 2 aliphatic heterocycles. The summed E-state index contributed by atoms with van der Waals surface area (Å²) in [4.78, 5) is 43.6. The number of Topliss-reactive ketones (excluding diaryl/α,β-unsaturated/α-hetero) is 1. The highest BCUT2D eigenvalue weighted by atomic mass is 16.5. The van der Waals surface area contributed by atoms with Gasteiger partial charge in [-0.3, -0.25) is 24.0 Å². The maximum Gasteiger partial charge on any atom is 0.330 e. The van der Waals surface area contributed by atoms with Crippen molar-refractivity contribution in [2.75, 3.05) is 11.5 Å². The van der Waals surface area contributed by atoms with Gasteiger partial charge >= 0.3 is 5.69 Å². The van der Waals surface area contributed by atoms with E-state index in [9.17, 15) is 29.9 Å². The Bertz CT molecular complexity index is 1510. The van der Waals surface area contributed by atoms with Crippen LogP contribution in [0.4, 0.5) is 5.69 Å². The lowest BCUT2D eigenvalue weighted by atomic mass is 9.69. The van der Waals surface area contributed by atoms with Gasteiger partial charge in [0.2, 0.25) is 0 Å². The SMILES string of the molecule is CC1(C)CC(=O)C2=C(C1)N(c1ccccc1)C(N)=C(C#N)C2c1cn([C@H]2CC(O)[C@@H](CO)O2)c(=O)[nH]c1=O. The number of carbonyl (C=O) groups is 1. The molecule has 0 radical (unpaired) electrons. The second-order valence-electron chi connectivity index (χ2n) is 10.7. The molecule has 1 aromatic heterocycles. The number of para-hydroxylation sites is 1. The number of ketones is 1. The van der Waals surface area contributed by atoms with E-state index in [1.807, 2.05) is 44.2 Å². The number of H-pyrrole nitrogens is 1. The summed E-state index contributed by atoms with van der Waals surface area (Å²) in [5.41, 5.74) is 6.23. The average molecular weight is 520 g/mol. The molecule has 198 valence electrons. The molecule has 0 spiro atoms. The van der Waals surface area contributed by atoms with Crippen LogP contribution >= 0.6 is 0 Å². The van der Waals surface area contributed by atoms with Crippen molar-refractivity contribution in [2.24, 2.45) is 11.1 Å². The van der Waals surface area contributed by atoms with Crippen LogP contribution < -0.4 is 21.9 Å². The van der Waals surface area contributed by atoms with Crippen molar-refractivity contribution in [3.63, 3.8) is 0 Å². The third-order valence-corrected chi connectivity index (χ3v) is 7.40. The Hall–Kier alpha value is -3.98. The fourth-order valence-corrected chi connectivity index (χ4v) is 5.66. The molecule has 3 aliphatic rings. The van der Waals surface area contributed by atoms with Crippen molar-refractivity contribution in [3.8, 4) is 6.07 Å². The van der Waals surface area contributed by atoms with Crippen LogP contribution in [0.1, 0.15) is 50.8 Å². The van der Waals surface area contributed by atoms with Gasteiger partial charge < -0.3 is 20.7 Å². The summed E-state index contributed by atoms with van der Waals surface area (Å²) in [6.45, 7) is 3.50. The van der Waals surface area contributed by atoms with Gasteiger partial charge in [-0.2, -0.15) is 5.26 Å². The summed E-state index contributed by atoms with van der Waals surface area (Å²) < 4.78 is 6.74. The van der Waals surface area contributed by atoms with Crippen molar-refractivity contribution in [2.45, 2.75) is 57.5 Å². The van der Waals surface area contributed by atoms with Crippen LogP contribution in [0.3, 0.4) is 0 Å². The zero-order valence-electron chi connectivity index (χ0n) is 21.0. The first-order valence-electron chi connectivity index (χ1n) is 12.4. The molecule has 1 aromatic carbocycles.